The highest BCUT2D eigenvalue weighted by Crippen LogP contribution is 2.41. The number of tetrazole rings is 1. The molecule has 13 nitrogen and oxygen atoms in total. The maximum absolute atomic E-state index is 13.0. The number of thioether (sulfide) groups is 2. The molecule has 1 aromatic carbocycles. The standard InChI is InChI=1S/C20H20ClN7O6S2/c1-27-20(23-25-26-27)36-8-10-7-35-18-14(17(30)28(18)15(10)19(31)32)22-16(29)13(24-34-3)9-4-5-12(33-2)11(21)6-9/h4-6,14,18H,7-8H2,1-3H3,(H,22,29)(H,31,32)/t14?,18-/m0/s1. The molecule has 2 amide bonds. The van der Waals surface area contributed by atoms with E-state index in [2.05, 4.69) is 26.0 Å². The minimum atomic E-state index is -1.22. The maximum atomic E-state index is 13.0. The first-order valence-electron chi connectivity index (χ1n) is 10.3. The van der Waals surface area contributed by atoms with Crippen LogP contribution in [0, 0.1) is 0 Å². The number of nitrogens with zero attached hydrogens (tertiary/aromatic N) is 6. The lowest BCUT2D eigenvalue weighted by Crippen LogP contribution is -2.71. The molecule has 1 fully saturated rings. The third-order valence-corrected chi connectivity index (χ3v) is 8.05. The molecule has 2 aliphatic rings. The molecule has 1 unspecified atom stereocenters. The first kappa shape index (κ1) is 25.8. The Morgan fingerprint density at radius 2 is 2.17 bits per heavy atom. The number of ether oxygens (including phenoxy) is 1. The fourth-order valence-electron chi connectivity index (χ4n) is 3.63. The average Bonchev–Trinajstić information content (AvgIpc) is 3.27. The summed E-state index contributed by atoms with van der Waals surface area (Å²) in [6, 6.07) is 3.70. The van der Waals surface area contributed by atoms with Gasteiger partial charge in [0.15, 0.2) is 5.71 Å². The number of β-lactam (4-membered cyclic amide) rings is 1. The average molecular weight is 554 g/mol. The number of carboxylic acid groups (broad SMARTS) is 1. The minimum Gasteiger partial charge on any atom is -0.495 e. The van der Waals surface area contributed by atoms with Gasteiger partial charge in [-0.25, -0.2) is 9.48 Å². The van der Waals surface area contributed by atoms with Crippen LogP contribution in [0.2, 0.25) is 5.02 Å². The van der Waals surface area contributed by atoms with Crippen molar-refractivity contribution in [3.8, 4) is 5.75 Å². The number of aromatic nitrogens is 4. The van der Waals surface area contributed by atoms with E-state index in [1.54, 1.807) is 19.2 Å². The summed E-state index contributed by atoms with van der Waals surface area (Å²) in [4.78, 5) is 44.1. The van der Waals surface area contributed by atoms with Gasteiger partial charge in [-0.3, -0.25) is 14.5 Å². The van der Waals surface area contributed by atoms with Crippen LogP contribution < -0.4 is 10.1 Å². The first-order chi connectivity index (χ1) is 17.3. The number of methoxy groups -OCH3 is 1. The van der Waals surface area contributed by atoms with E-state index in [1.807, 2.05) is 0 Å². The van der Waals surface area contributed by atoms with Gasteiger partial charge in [0, 0.05) is 24.1 Å². The fraction of sp³-hybridized carbons (Fsp3) is 0.350. The van der Waals surface area contributed by atoms with Gasteiger partial charge in [-0.05, 0) is 34.2 Å². The Morgan fingerprint density at radius 1 is 1.39 bits per heavy atom. The van der Waals surface area contributed by atoms with Gasteiger partial charge in [0.25, 0.3) is 11.8 Å². The predicted molar refractivity (Wildman–Crippen MR) is 131 cm³/mol. The van der Waals surface area contributed by atoms with E-state index < -0.39 is 29.2 Å². The second-order valence-corrected chi connectivity index (χ2v) is 9.92. The molecule has 190 valence electrons. The number of aliphatic carboxylic acids is 1. The highest BCUT2D eigenvalue weighted by molar-refractivity contribution is 8.01. The van der Waals surface area contributed by atoms with E-state index in [1.165, 1.54) is 53.4 Å². The Kier molecular flexibility index (Phi) is 7.70. The Hall–Kier alpha value is -3.30. The highest BCUT2D eigenvalue weighted by Gasteiger charge is 2.54. The Morgan fingerprint density at radius 3 is 2.78 bits per heavy atom. The van der Waals surface area contributed by atoms with E-state index in [4.69, 9.17) is 21.2 Å². The van der Waals surface area contributed by atoms with Crippen LogP contribution in [-0.2, 0) is 26.3 Å². The molecular weight excluding hydrogens is 534 g/mol. The van der Waals surface area contributed by atoms with Gasteiger partial charge in [0.05, 0.1) is 12.1 Å². The van der Waals surface area contributed by atoms with Crippen molar-refractivity contribution in [2.75, 3.05) is 25.7 Å². The lowest BCUT2D eigenvalue weighted by atomic mass is 10.0. The minimum absolute atomic E-state index is 0.0930. The summed E-state index contributed by atoms with van der Waals surface area (Å²) in [5, 5.41) is 27.7. The van der Waals surface area contributed by atoms with Crippen LogP contribution in [-0.4, -0.2) is 90.9 Å². The van der Waals surface area contributed by atoms with Gasteiger partial charge in [-0.2, -0.15) is 0 Å². The first-order valence-corrected chi connectivity index (χ1v) is 12.7. The third-order valence-electron chi connectivity index (χ3n) is 5.32. The topological polar surface area (TPSA) is 161 Å². The van der Waals surface area contributed by atoms with Gasteiger partial charge in [0.1, 0.15) is 30.0 Å². The number of halogens is 1. The zero-order valence-electron chi connectivity index (χ0n) is 19.2. The number of benzene rings is 1. The molecule has 4 rings (SSSR count). The number of fused-ring (bicyclic) bond motifs is 1. The van der Waals surface area contributed by atoms with E-state index in [0.29, 0.717) is 33.5 Å². The monoisotopic (exact) mass is 553 g/mol. The molecule has 0 aliphatic carbocycles. The summed E-state index contributed by atoms with van der Waals surface area (Å²) in [6.45, 7) is 0. The van der Waals surface area contributed by atoms with Crippen molar-refractivity contribution in [2.24, 2.45) is 12.2 Å². The number of carbonyl (C=O) groups excluding carboxylic acids is 2. The summed E-state index contributed by atoms with van der Waals surface area (Å²) in [5.74, 6) is -1.37. The lowest BCUT2D eigenvalue weighted by Gasteiger charge is -2.49. The van der Waals surface area contributed by atoms with Crippen molar-refractivity contribution in [2.45, 2.75) is 16.6 Å². The summed E-state index contributed by atoms with van der Waals surface area (Å²) in [6.07, 6.45) is 0. The fourth-order valence-corrected chi connectivity index (χ4v) is 6.22. The Balaban J connectivity index is 1.50. The SMILES string of the molecule is CON=C(C(=O)NC1C(=O)N2C(C(=O)O)=C(CSc3nnnn3C)CS[C@@H]12)c1ccc(OC)c(Cl)c1. The summed E-state index contributed by atoms with van der Waals surface area (Å²) < 4.78 is 6.60. The van der Waals surface area contributed by atoms with E-state index >= 15 is 0 Å². The molecule has 36 heavy (non-hydrogen) atoms. The smallest absolute Gasteiger partial charge is 0.352 e. The van der Waals surface area contributed by atoms with E-state index in [9.17, 15) is 19.5 Å². The predicted octanol–water partition coefficient (Wildman–Crippen LogP) is 0.754. The molecule has 2 N–H and O–H groups in total. The van der Waals surface area contributed by atoms with Crippen molar-refractivity contribution < 1.29 is 29.1 Å². The summed E-state index contributed by atoms with van der Waals surface area (Å²) >= 11 is 8.79. The van der Waals surface area contributed by atoms with Crippen LogP contribution in [0.1, 0.15) is 5.56 Å². The normalized spacial score (nSPS) is 19.5. The van der Waals surface area contributed by atoms with Crippen molar-refractivity contribution in [1.29, 1.82) is 0 Å². The van der Waals surface area contributed by atoms with Crippen molar-refractivity contribution in [3.05, 3.63) is 40.1 Å². The molecule has 0 bridgehead atoms. The van der Waals surface area contributed by atoms with Crippen LogP contribution in [0.5, 0.6) is 5.75 Å². The molecular formula is C20H20ClN7O6S2. The number of hydrogen-bond acceptors (Lipinski definition) is 11. The molecule has 2 aliphatic heterocycles. The van der Waals surface area contributed by atoms with Crippen molar-refractivity contribution in [1.82, 2.24) is 30.4 Å². The molecule has 0 saturated carbocycles. The van der Waals surface area contributed by atoms with Crippen LogP contribution in [0.15, 0.2) is 39.8 Å². The number of carboxylic acids is 1. The molecule has 2 atom stereocenters. The number of oxime groups is 1. The molecule has 1 aromatic heterocycles. The van der Waals surface area contributed by atoms with Crippen LogP contribution in [0.4, 0.5) is 0 Å². The molecule has 3 heterocycles. The summed E-state index contributed by atoms with van der Waals surface area (Å²) in [7, 11) is 4.42. The van der Waals surface area contributed by atoms with Gasteiger partial charge >= 0.3 is 5.97 Å². The Labute approximate surface area is 218 Å². The van der Waals surface area contributed by atoms with Crippen LogP contribution in [0.25, 0.3) is 0 Å². The zero-order valence-corrected chi connectivity index (χ0v) is 21.6. The second-order valence-electron chi connectivity index (χ2n) is 7.46. The number of amides is 2. The molecule has 16 heteroatoms. The highest BCUT2D eigenvalue weighted by atomic mass is 35.5. The molecule has 0 radical (unpaired) electrons. The molecule has 1 saturated heterocycles. The molecule has 0 spiro atoms. The summed E-state index contributed by atoms with van der Waals surface area (Å²) in [5.41, 5.74) is 0.718. The zero-order chi connectivity index (χ0) is 26.0. The second kappa shape index (κ2) is 10.8. The van der Waals surface area contributed by atoms with Gasteiger partial charge in [-0.1, -0.05) is 28.5 Å². The maximum Gasteiger partial charge on any atom is 0.352 e. The van der Waals surface area contributed by atoms with Gasteiger partial charge < -0.3 is 20.0 Å². The third kappa shape index (κ3) is 4.85. The number of carbonyl (C=O) groups is 3. The van der Waals surface area contributed by atoms with Crippen molar-refractivity contribution in [3.63, 3.8) is 0 Å². The number of nitrogens with one attached hydrogen (secondary N) is 1. The van der Waals surface area contributed by atoms with Gasteiger partial charge in [-0.15, -0.1) is 16.9 Å². The number of hydrogen-bond donors (Lipinski definition) is 2. The molecule has 2 aromatic rings. The van der Waals surface area contributed by atoms with Crippen molar-refractivity contribution >= 4 is 58.6 Å². The van der Waals surface area contributed by atoms with E-state index in [0.717, 1.165) is 0 Å². The lowest BCUT2D eigenvalue weighted by molar-refractivity contribution is -0.150. The van der Waals surface area contributed by atoms with Crippen LogP contribution in [0.3, 0.4) is 0 Å². The number of aryl methyl sites for hydroxylation is 1. The van der Waals surface area contributed by atoms with E-state index in [-0.39, 0.29) is 16.4 Å². The van der Waals surface area contributed by atoms with Gasteiger partial charge in [0.2, 0.25) is 5.16 Å². The largest absolute Gasteiger partial charge is 0.495 e. The quantitative estimate of drug-likeness (QED) is 0.195. The Bertz CT molecular complexity index is 1280. The van der Waals surface area contributed by atoms with Crippen LogP contribution >= 0.6 is 35.1 Å². The number of rotatable bonds is 9.